The Labute approximate surface area is 62.9 Å². The number of hydrogen-bond donors (Lipinski definition) is 1. The first-order valence-corrected chi connectivity index (χ1v) is 3.46. The van der Waals surface area contributed by atoms with Crippen molar-refractivity contribution in [1.82, 2.24) is 4.98 Å². The molecule has 0 radical (unpaired) electrons. The van der Waals surface area contributed by atoms with Crippen LogP contribution in [-0.4, -0.2) is 4.98 Å². The van der Waals surface area contributed by atoms with Gasteiger partial charge in [-0.1, -0.05) is 0 Å². The van der Waals surface area contributed by atoms with Gasteiger partial charge in [0.15, 0.2) is 0 Å². The van der Waals surface area contributed by atoms with Gasteiger partial charge in [0, 0.05) is 6.20 Å². The molecule has 1 rings (SSSR count). The van der Waals surface area contributed by atoms with Crippen molar-refractivity contribution in [2.24, 2.45) is 0 Å². The van der Waals surface area contributed by atoms with Gasteiger partial charge in [0.1, 0.15) is 0 Å². The third-order valence-electron chi connectivity index (χ3n) is 1.18. The van der Waals surface area contributed by atoms with E-state index >= 15 is 0 Å². The van der Waals surface area contributed by atoms with E-state index in [2.05, 4.69) is 4.98 Å². The van der Waals surface area contributed by atoms with Gasteiger partial charge >= 0.3 is 0 Å². The first-order valence-electron chi connectivity index (χ1n) is 2.74. The molecule has 0 amide bonds. The highest BCUT2D eigenvalue weighted by Crippen LogP contribution is 2.27. The maximum absolute atomic E-state index is 12.1. The van der Waals surface area contributed by atoms with E-state index in [9.17, 15) is 3.89 Å². The number of nitrogens with two attached hydrogens (primary N) is 1. The third-order valence-corrected chi connectivity index (χ3v) is 1.89. The Kier molecular flexibility index (Phi) is 2.11. The summed E-state index contributed by atoms with van der Waals surface area (Å²) in [6.45, 7) is 1.77. The quantitative estimate of drug-likeness (QED) is 0.679. The van der Waals surface area contributed by atoms with Crippen LogP contribution < -0.4 is 5.73 Å². The smallest absolute Gasteiger partial charge is 0.0837 e. The average molecular weight is 158 g/mol. The summed E-state index contributed by atoms with van der Waals surface area (Å²) in [4.78, 5) is 4.26. The molecule has 2 N–H and O–H groups in total. The van der Waals surface area contributed by atoms with Crippen LogP contribution in [0, 0.1) is 6.92 Å². The first kappa shape index (κ1) is 7.34. The van der Waals surface area contributed by atoms with Gasteiger partial charge in [-0.3, -0.25) is 4.98 Å². The Hall–Kier alpha value is -0.770. The minimum atomic E-state index is 0.157. The molecule has 0 saturated heterocycles. The molecule has 0 aliphatic rings. The van der Waals surface area contributed by atoms with Crippen molar-refractivity contribution in [3.63, 3.8) is 0 Å². The van der Waals surface area contributed by atoms with Crippen LogP contribution >= 0.6 is 12.1 Å². The van der Waals surface area contributed by atoms with Crippen LogP contribution in [0.2, 0.25) is 0 Å². The Morgan fingerprint density at radius 3 is 2.70 bits per heavy atom. The zero-order valence-electron chi connectivity index (χ0n) is 5.47. The summed E-state index contributed by atoms with van der Waals surface area (Å²) in [7, 11) is 0. The maximum atomic E-state index is 12.1. The number of aromatic nitrogens is 1. The van der Waals surface area contributed by atoms with Gasteiger partial charge in [-0.2, -0.15) is 3.89 Å². The van der Waals surface area contributed by atoms with Gasteiger partial charge in [-0.25, -0.2) is 0 Å². The average Bonchev–Trinajstić information content (AvgIpc) is 1.88. The van der Waals surface area contributed by atoms with Crippen LogP contribution in [0.3, 0.4) is 0 Å². The Morgan fingerprint density at radius 1 is 1.60 bits per heavy atom. The van der Waals surface area contributed by atoms with Crippen molar-refractivity contribution >= 4 is 17.8 Å². The van der Waals surface area contributed by atoms with E-state index in [1.165, 1.54) is 6.20 Å². The molecule has 2 nitrogen and oxygen atoms in total. The van der Waals surface area contributed by atoms with Gasteiger partial charge in [-0.05, 0) is 12.5 Å². The molecule has 0 saturated carbocycles. The van der Waals surface area contributed by atoms with Crippen molar-refractivity contribution in [2.45, 2.75) is 11.8 Å². The molecule has 0 aliphatic carbocycles. The molecular weight excluding hydrogens is 151 g/mol. The molecule has 4 heteroatoms. The number of pyridine rings is 1. The molecule has 0 aliphatic heterocycles. The summed E-state index contributed by atoms with van der Waals surface area (Å²) < 4.78 is 12.1. The van der Waals surface area contributed by atoms with Crippen molar-refractivity contribution in [2.75, 3.05) is 5.73 Å². The van der Waals surface area contributed by atoms with Crippen LogP contribution in [0.1, 0.15) is 5.56 Å². The van der Waals surface area contributed by atoms with Gasteiger partial charge in [0.25, 0.3) is 0 Å². The Balaban J connectivity index is 3.17. The molecular formula is C6H7FN2S. The van der Waals surface area contributed by atoms with E-state index in [0.717, 1.165) is 5.56 Å². The first-order chi connectivity index (χ1) is 4.75. The number of aryl methyl sites for hydroxylation is 1. The van der Waals surface area contributed by atoms with E-state index in [1.54, 1.807) is 13.1 Å². The predicted molar refractivity (Wildman–Crippen MR) is 40.4 cm³/mol. The largest absolute Gasteiger partial charge is 0.396 e. The summed E-state index contributed by atoms with van der Waals surface area (Å²) in [6.07, 6.45) is 3.02. The highest BCUT2D eigenvalue weighted by molar-refractivity contribution is 7.94. The van der Waals surface area contributed by atoms with Gasteiger partial charge in [0.2, 0.25) is 0 Å². The van der Waals surface area contributed by atoms with Gasteiger partial charge in [-0.15, -0.1) is 0 Å². The van der Waals surface area contributed by atoms with Crippen molar-refractivity contribution in [3.05, 3.63) is 18.0 Å². The summed E-state index contributed by atoms with van der Waals surface area (Å²) in [5.41, 5.74) is 6.58. The minimum Gasteiger partial charge on any atom is -0.396 e. The fraction of sp³-hybridized carbons (Fsp3) is 0.167. The molecule has 0 atom stereocenters. The molecule has 10 heavy (non-hydrogen) atoms. The highest BCUT2D eigenvalue weighted by Gasteiger charge is 2.02. The van der Waals surface area contributed by atoms with Crippen LogP contribution in [0.5, 0.6) is 0 Å². The second-order valence-corrected chi connectivity index (χ2v) is 2.51. The second kappa shape index (κ2) is 2.88. The van der Waals surface area contributed by atoms with Crippen LogP contribution in [-0.2, 0) is 0 Å². The summed E-state index contributed by atoms with van der Waals surface area (Å²) in [5, 5.41) is 0. The van der Waals surface area contributed by atoms with Crippen LogP contribution in [0.25, 0.3) is 0 Å². The summed E-state index contributed by atoms with van der Waals surface area (Å²) in [6, 6.07) is 0. The number of anilines is 1. The number of nitrogens with zero attached hydrogens (tertiary/aromatic N) is 1. The SMILES string of the molecule is Cc1cncc(N)c1SF. The van der Waals surface area contributed by atoms with Crippen molar-refractivity contribution in [1.29, 1.82) is 0 Å². The fourth-order valence-corrected chi connectivity index (χ4v) is 0.996. The van der Waals surface area contributed by atoms with Crippen LogP contribution in [0.15, 0.2) is 17.3 Å². The lowest BCUT2D eigenvalue weighted by molar-refractivity contribution is 0.931. The molecule has 54 valence electrons. The number of nitrogen functional groups attached to an aromatic ring is 1. The summed E-state index contributed by atoms with van der Waals surface area (Å²) in [5.74, 6) is 0. The van der Waals surface area contributed by atoms with Gasteiger partial charge < -0.3 is 5.73 Å². The van der Waals surface area contributed by atoms with Crippen molar-refractivity contribution in [3.8, 4) is 0 Å². The van der Waals surface area contributed by atoms with Crippen molar-refractivity contribution < 1.29 is 3.89 Å². The molecule has 0 aromatic carbocycles. The van der Waals surface area contributed by atoms with E-state index in [0.29, 0.717) is 10.6 Å². The Morgan fingerprint density at radius 2 is 2.30 bits per heavy atom. The molecule has 1 heterocycles. The fourth-order valence-electron chi connectivity index (χ4n) is 0.680. The molecule has 0 unspecified atom stereocenters. The number of halogens is 1. The topological polar surface area (TPSA) is 38.9 Å². The normalized spacial score (nSPS) is 9.80. The Bertz CT molecular complexity index is 219. The third kappa shape index (κ3) is 1.21. The lowest BCUT2D eigenvalue weighted by Crippen LogP contribution is -1.91. The maximum Gasteiger partial charge on any atom is 0.0837 e. The number of hydrogen-bond acceptors (Lipinski definition) is 3. The molecule has 0 spiro atoms. The zero-order chi connectivity index (χ0) is 7.56. The highest BCUT2D eigenvalue weighted by atomic mass is 32.2. The lowest BCUT2D eigenvalue weighted by Gasteiger charge is -2.00. The molecule has 1 aromatic rings. The monoisotopic (exact) mass is 158 g/mol. The predicted octanol–water partition coefficient (Wildman–Crippen LogP) is 1.95. The molecule has 0 bridgehead atoms. The van der Waals surface area contributed by atoms with E-state index in [1.807, 2.05) is 0 Å². The molecule has 1 aromatic heterocycles. The van der Waals surface area contributed by atoms with Crippen LogP contribution in [0.4, 0.5) is 9.57 Å². The van der Waals surface area contributed by atoms with E-state index in [4.69, 9.17) is 5.73 Å². The summed E-state index contributed by atoms with van der Waals surface area (Å²) >= 11 is 0.157. The lowest BCUT2D eigenvalue weighted by atomic mass is 10.3. The minimum absolute atomic E-state index is 0.157. The zero-order valence-corrected chi connectivity index (χ0v) is 6.28. The molecule has 0 fully saturated rings. The number of rotatable bonds is 1. The standard InChI is InChI=1S/C6H7FN2S/c1-4-2-9-3-5(8)6(4)10-7/h2-3H,8H2,1H3. The van der Waals surface area contributed by atoms with E-state index < -0.39 is 0 Å². The second-order valence-electron chi connectivity index (χ2n) is 1.95. The van der Waals surface area contributed by atoms with Gasteiger partial charge in [0.05, 0.1) is 28.9 Å². The van der Waals surface area contributed by atoms with E-state index in [-0.39, 0.29) is 12.1 Å².